The predicted molar refractivity (Wildman–Crippen MR) is 231 cm³/mol. The zero-order valence-electron chi connectivity index (χ0n) is 36.6. The van der Waals surface area contributed by atoms with Crippen LogP contribution >= 0.6 is 7.82 Å². The molecule has 0 aromatic rings. The van der Waals surface area contributed by atoms with Gasteiger partial charge in [0.05, 0.1) is 34.4 Å². The fourth-order valence-corrected chi connectivity index (χ4v) is 6.94. The Morgan fingerprint density at radius 2 is 1.05 bits per heavy atom. The molecule has 0 rings (SSSR count). The fraction of sp³-hybridized carbons (Fsp3) is 0.848. The van der Waals surface area contributed by atoms with Crippen molar-refractivity contribution in [2.45, 2.75) is 200 Å². The number of unbranched alkanes of at least 4 members (excludes halogenated alkanes) is 22. The van der Waals surface area contributed by atoms with Gasteiger partial charge in [0.25, 0.3) is 7.82 Å². The average molecular weight is 798 g/mol. The van der Waals surface area contributed by atoms with Crippen molar-refractivity contribution in [1.29, 1.82) is 0 Å². The van der Waals surface area contributed by atoms with Crippen molar-refractivity contribution >= 4 is 13.8 Å². The molecule has 0 heterocycles. The van der Waals surface area contributed by atoms with Gasteiger partial charge in [-0.25, -0.2) is 0 Å². The highest BCUT2D eigenvalue weighted by Crippen LogP contribution is 2.38. The van der Waals surface area contributed by atoms with Crippen LogP contribution in [-0.2, 0) is 27.9 Å². The number of carbonyl (C=O) groups excluding carboxylic acids is 1. The molecule has 2 atom stereocenters. The third-order valence-corrected chi connectivity index (χ3v) is 10.7. The summed E-state index contributed by atoms with van der Waals surface area (Å²) >= 11 is 0. The lowest BCUT2D eigenvalue weighted by Crippen LogP contribution is -2.37. The van der Waals surface area contributed by atoms with E-state index in [1.807, 2.05) is 21.1 Å². The number of phosphoric ester groups is 1. The van der Waals surface area contributed by atoms with Crippen LogP contribution in [0, 0.1) is 0 Å². The van der Waals surface area contributed by atoms with Crippen LogP contribution in [0.3, 0.4) is 0 Å². The molecule has 55 heavy (non-hydrogen) atoms. The van der Waals surface area contributed by atoms with Gasteiger partial charge < -0.3 is 27.9 Å². The monoisotopic (exact) mass is 798 g/mol. The Balaban J connectivity index is 4.20. The molecule has 0 saturated heterocycles. The first kappa shape index (κ1) is 53.7. The normalized spacial score (nSPS) is 14.1. The summed E-state index contributed by atoms with van der Waals surface area (Å²) in [6.45, 7) is 5.27. The average Bonchev–Trinajstić information content (AvgIpc) is 3.13. The van der Waals surface area contributed by atoms with Crippen molar-refractivity contribution in [3.63, 3.8) is 0 Å². The molecule has 0 spiro atoms. The van der Waals surface area contributed by atoms with Gasteiger partial charge in [0.2, 0.25) is 0 Å². The molecule has 0 aromatic carbocycles. The van der Waals surface area contributed by atoms with Gasteiger partial charge in [-0.15, -0.1) is 0 Å². The number of rotatable bonds is 42. The van der Waals surface area contributed by atoms with Gasteiger partial charge in [-0.2, -0.15) is 0 Å². The van der Waals surface area contributed by atoms with Crippen molar-refractivity contribution < 1.29 is 37.3 Å². The molecule has 0 N–H and O–H groups in total. The second kappa shape index (κ2) is 39.5. The number of allylic oxidation sites excluding steroid dienone is 6. The van der Waals surface area contributed by atoms with E-state index in [1.165, 1.54) is 103 Å². The SMILES string of the molecule is CC/C=C\C/C=C\C/C=C\CCCCCCOCC(COP(=O)([O-])OCC[N+](C)(C)C)OC(=O)CCCCCCCCCCCCCCCCCCCCC. The van der Waals surface area contributed by atoms with E-state index in [-0.39, 0.29) is 25.8 Å². The first-order valence-corrected chi connectivity index (χ1v) is 24.2. The second-order valence-electron chi connectivity index (χ2n) is 16.4. The van der Waals surface area contributed by atoms with Crippen molar-refractivity contribution in [3.8, 4) is 0 Å². The summed E-state index contributed by atoms with van der Waals surface area (Å²) in [6.07, 6.45) is 45.9. The van der Waals surface area contributed by atoms with E-state index < -0.39 is 13.9 Å². The minimum atomic E-state index is -4.53. The van der Waals surface area contributed by atoms with Crippen LogP contribution in [0.1, 0.15) is 194 Å². The molecule has 0 aliphatic heterocycles. The predicted octanol–water partition coefficient (Wildman–Crippen LogP) is 12.8. The molecular formula is C46H88NO7P. The number of quaternary nitrogens is 1. The molecule has 0 aliphatic carbocycles. The smallest absolute Gasteiger partial charge is 0.306 e. The lowest BCUT2D eigenvalue weighted by atomic mass is 10.0. The Morgan fingerprint density at radius 3 is 1.58 bits per heavy atom. The van der Waals surface area contributed by atoms with E-state index in [1.54, 1.807) is 0 Å². The number of hydrogen-bond donors (Lipinski definition) is 0. The lowest BCUT2D eigenvalue weighted by molar-refractivity contribution is -0.870. The molecule has 9 heteroatoms. The van der Waals surface area contributed by atoms with Crippen LogP contribution in [0.2, 0.25) is 0 Å². The Kier molecular flexibility index (Phi) is 38.6. The fourth-order valence-electron chi connectivity index (χ4n) is 6.21. The molecular weight excluding hydrogens is 709 g/mol. The highest BCUT2D eigenvalue weighted by Gasteiger charge is 2.20. The van der Waals surface area contributed by atoms with Crippen molar-refractivity contribution in [3.05, 3.63) is 36.5 Å². The Labute approximate surface area is 340 Å². The number of hydrogen-bond acceptors (Lipinski definition) is 7. The molecule has 2 unspecified atom stereocenters. The highest BCUT2D eigenvalue weighted by molar-refractivity contribution is 7.45. The molecule has 0 amide bonds. The summed E-state index contributed by atoms with van der Waals surface area (Å²) in [7, 11) is 1.34. The van der Waals surface area contributed by atoms with Crippen molar-refractivity contribution in [2.24, 2.45) is 0 Å². The molecule has 0 bridgehead atoms. The third-order valence-electron chi connectivity index (χ3n) is 9.71. The van der Waals surface area contributed by atoms with E-state index in [2.05, 4.69) is 50.3 Å². The van der Waals surface area contributed by atoms with Crippen molar-refractivity contribution in [1.82, 2.24) is 0 Å². The van der Waals surface area contributed by atoms with Gasteiger partial charge in [-0.1, -0.05) is 179 Å². The topological polar surface area (TPSA) is 94.1 Å². The number of ether oxygens (including phenoxy) is 2. The van der Waals surface area contributed by atoms with Crippen LogP contribution in [0.15, 0.2) is 36.5 Å². The first-order chi connectivity index (χ1) is 26.6. The van der Waals surface area contributed by atoms with Gasteiger partial charge in [0, 0.05) is 13.0 Å². The summed E-state index contributed by atoms with van der Waals surface area (Å²) in [5, 5.41) is 0. The maximum Gasteiger partial charge on any atom is 0.306 e. The van der Waals surface area contributed by atoms with Crippen LogP contribution in [0.5, 0.6) is 0 Å². The lowest BCUT2D eigenvalue weighted by Gasteiger charge is -2.28. The first-order valence-electron chi connectivity index (χ1n) is 22.7. The largest absolute Gasteiger partial charge is 0.756 e. The summed E-state index contributed by atoms with van der Waals surface area (Å²) in [4.78, 5) is 25.1. The summed E-state index contributed by atoms with van der Waals surface area (Å²) in [5.41, 5.74) is 0. The van der Waals surface area contributed by atoms with Gasteiger partial charge in [-0.3, -0.25) is 9.36 Å². The quantitative estimate of drug-likeness (QED) is 0.0200. The van der Waals surface area contributed by atoms with Crippen LogP contribution in [0.4, 0.5) is 0 Å². The molecule has 0 aliphatic rings. The van der Waals surface area contributed by atoms with Gasteiger partial charge >= 0.3 is 5.97 Å². The number of carbonyl (C=O) groups is 1. The van der Waals surface area contributed by atoms with Gasteiger partial charge in [0.15, 0.2) is 0 Å². The molecule has 0 fully saturated rings. The molecule has 0 saturated carbocycles. The van der Waals surface area contributed by atoms with Crippen LogP contribution < -0.4 is 4.89 Å². The minimum Gasteiger partial charge on any atom is -0.756 e. The van der Waals surface area contributed by atoms with Crippen LogP contribution in [-0.4, -0.2) is 70.7 Å². The number of nitrogens with zero attached hydrogens (tertiary/aromatic N) is 1. The number of likely N-dealkylation sites (N-methyl/N-ethyl adjacent to an activating group) is 1. The van der Waals surface area contributed by atoms with E-state index >= 15 is 0 Å². The molecule has 0 radical (unpaired) electrons. The van der Waals surface area contributed by atoms with Gasteiger partial charge in [-0.05, 0) is 44.9 Å². The third kappa shape index (κ3) is 43.7. The van der Waals surface area contributed by atoms with Gasteiger partial charge in [0.1, 0.15) is 19.3 Å². The van der Waals surface area contributed by atoms with E-state index in [0.29, 0.717) is 24.1 Å². The zero-order valence-corrected chi connectivity index (χ0v) is 37.5. The maximum absolute atomic E-state index is 12.7. The van der Waals surface area contributed by atoms with Crippen LogP contribution in [0.25, 0.3) is 0 Å². The van der Waals surface area contributed by atoms with E-state index in [4.69, 9.17) is 18.5 Å². The number of phosphoric acid groups is 1. The maximum atomic E-state index is 12.7. The van der Waals surface area contributed by atoms with E-state index in [9.17, 15) is 14.3 Å². The molecule has 324 valence electrons. The summed E-state index contributed by atoms with van der Waals surface area (Å²) in [6, 6.07) is 0. The minimum absolute atomic E-state index is 0.0222. The Hall–Kier alpha value is -1.28. The molecule has 8 nitrogen and oxygen atoms in total. The van der Waals surface area contributed by atoms with E-state index in [0.717, 1.165) is 70.6 Å². The summed E-state index contributed by atoms with van der Waals surface area (Å²) in [5.74, 6) is -0.340. The number of esters is 1. The summed E-state index contributed by atoms with van der Waals surface area (Å²) < 4.78 is 34.6. The standard InChI is InChI=1S/C46H88NO7P/c1-6-8-10-12-14-16-18-20-22-23-24-25-26-27-29-31-33-35-37-39-46(48)54-45(44-53-55(49,50)52-42-40-47(3,4)5)43-51-41-38-36-34-32-30-28-21-19-17-15-13-11-9-7-2/h9,11,15,17,21,28,45H,6-8,10,12-14,16,18-20,22-27,29-44H2,1-5H3/b11-9-,17-15-,28-21-. The molecule has 0 aromatic heterocycles. The Morgan fingerprint density at radius 1 is 0.582 bits per heavy atom. The Bertz CT molecular complexity index is 978. The van der Waals surface area contributed by atoms with Crippen molar-refractivity contribution in [2.75, 3.05) is 54.1 Å². The second-order valence-corrected chi connectivity index (χ2v) is 17.8. The zero-order chi connectivity index (χ0) is 40.6. The highest BCUT2D eigenvalue weighted by atomic mass is 31.2.